The molecule has 0 atom stereocenters. The highest BCUT2D eigenvalue weighted by Crippen LogP contribution is 2.33. The van der Waals surface area contributed by atoms with Crippen LogP contribution in [0.15, 0.2) is 30.3 Å². The normalized spacial score (nSPS) is 12.9. The third-order valence-electron chi connectivity index (χ3n) is 4.84. The Bertz CT molecular complexity index is 908. The molecule has 28 heavy (non-hydrogen) atoms. The third kappa shape index (κ3) is 4.03. The molecular weight excluding hydrogens is 362 g/mol. The Morgan fingerprint density at radius 2 is 1.75 bits per heavy atom. The minimum Gasteiger partial charge on any atom is -0.508 e. The monoisotopic (exact) mass is 385 g/mol. The van der Waals surface area contributed by atoms with Gasteiger partial charge in [-0.3, -0.25) is 4.79 Å². The predicted octanol–water partition coefficient (Wildman–Crippen LogP) is 2.46. The van der Waals surface area contributed by atoms with Crippen molar-refractivity contribution in [3.8, 4) is 17.2 Å². The molecule has 7 heteroatoms. The van der Waals surface area contributed by atoms with Gasteiger partial charge in [0.1, 0.15) is 5.75 Å². The standard InChI is InChI=1S/C21H23NO6/c1-13-4-5-15(8-17(13)23)21(25)28-12-20(24)22-7-6-14-9-18(26-2)19(27-3)10-16(14)11-22/h4-5,8-10,23H,6-7,11-12H2,1-3H3. The third-order valence-corrected chi connectivity index (χ3v) is 4.84. The van der Waals surface area contributed by atoms with E-state index in [1.807, 2.05) is 12.1 Å². The number of hydrogen-bond acceptors (Lipinski definition) is 6. The number of esters is 1. The van der Waals surface area contributed by atoms with E-state index in [0.29, 0.717) is 36.6 Å². The topological polar surface area (TPSA) is 85.3 Å². The molecule has 0 fully saturated rings. The zero-order valence-corrected chi connectivity index (χ0v) is 16.2. The first-order valence-electron chi connectivity index (χ1n) is 8.91. The number of rotatable bonds is 5. The van der Waals surface area contributed by atoms with Gasteiger partial charge in [-0.15, -0.1) is 0 Å². The molecule has 2 aromatic carbocycles. The van der Waals surface area contributed by atoms with E-state index < -0.39 is 5.97 Å². The Morgan fingerprint density at radius 1 is 1.07 bits per heavy atom. The number of carbonyl (C=O) groups is 2. The first kappa shape index (κ1) is 19.5. The molecule has 1 heterocycles. The molecule has 1 aliphatic heterocycles. The van der Waals surface area contributed by atoms with Gasteiger partial charge in [-0.1, -0.05) is 6.07 Å². The highest BCUT2D eigenvalue weighted by molar-refractivity contribution is 5.91. The molecule has 0 radical (unpaired) electrons. The number of aromatic hydroxyl groups is 1. The van der Waals surface area contributed by atoms with Crippen LogP contribution in [0.1, 0.15) is 27.0 Å². The number of aryl methyl sites for hydroxylation is 1. The van der Waals surface area contributed by atoms with Gasteiger partial charge in [0.15, 0.2) is 18.1 Å². The van der Waals surface area contributed by atoms with E-state index in [9.17, 15) is 14.7 Å². The maximum absolute atomic E-state index is 12.5. The van der Waals surface area contributed by atoms with Crippen LogP contribution in [0.25, 0.3) is 0 Å². The molecule has 1 aliphatic rings. The Hall–Kier alpha value is -3.22. The molecule has 0 spiro atoms. The van der Waals surface area contributed by atoms with E-state index in [4.69, 9.17) is 14.2 Å². The van der Waals surface area contributed by atoms with E-state index in [1.54, 1.807) is 38.2 Å². The van der Waals surface area contributed by atoms with Crippen LogP contribution in [0.2, 0.25) is 0 Å². The lowest BCUT2D eigenvalue weighted by Gasteiger charge is -2.29. The molecule has 3 rings (SSSR count). The summed E-state index contributed by atoms with van der Waals surface area (Å²) in [4.78, 5) is 26.2. The van der Waals surface area contributed by atoms with Gasteiger partial charge in [-0.25, -0.2) is 4.79 Å². The molecule has 1 amide bonds. The Balaban J connectivity index is 1.63. The summed E-state index contributed by atoms with van der Waals surface area (Å²) >= 11 is 0. The quantitative estimate of drug-likeness (QED) is 0.796. The number of fused-ring (bicyclic) bond motifs is 1. The summed E-state index contributed by atoms with van der Waals surface area (Å²) < 4.78 is 15.8. The van der Waals surface area contributed by atoms with Crippen LogP contribution in [0, 0.1) is 6.92 Å². The zero-order valence-electron chi connectivity index (χ0n) is 16.2. The van der Waals surface area contributed by atoms with Crippen LogP contribution in [-0.2, 0) is 22.5 Å². The van der Waals surface area contributed by atoms with Gasteiger partial charge in [0.05, 0.1) is 19.8 Å². The summed E-state index contributed by atoms with van der Waals surface area (Å²) in [5.41, 5.74) is 2.95. The molecule has 0 saturated heterocycles. The van der Waals surface area contributed by atoms with Crippen molar-refractivity contribution in [3.05, 3.63) is 52.6 Å². The van der Waals surface area contributed by atoms with Gasteiger partial charge >= 0.3 is 5.97 Å². The Labute approximate surface area is 163 Å². The lowest BCUT2D eigenvalue weighted by Crippen LogP contribution is -2.38. The first-order valence-corrected chi connectivity index (χ1v) is 8.91. The van der Waals surface area contributed by atoms with Crippen LogP contribution in [-0.4, -0.2) is 49.3 Å². The van der Waals surface area contributed by atoms with Crippen molar-refractivity contribution >= 4 is 11.9 Å². The van der Waals surface area contributed by atoms with Gasteiger partial charge in [0, 0.05) is 13.1 Å². The summed E-state index contributed by atoms with van der Waals surface area (Å²) in [7, 11) is 3.16. The molecule has 1 N–H and O–H groups in total. The Kier molecular flexibility index (Phi) is 5.73. The summed E-state index contributed by atoms with van der Waals surface area (Å²) in [6.07, 6.45) is 0.682. The summed E-state index contributed by atoms with van der Waals surface area (Å²) in [5.74, 6) is 0.368. The van der Waals surface area contributed by atoms with Gasteiger partial charge in [-0.05, 0) is 54.3 Å². The summed E-state index contributed by atoms with van der Waals surface area (Å²) in [6, 6.07) is 8.31. The highest BCUT2D eigenvalue weighted by atomic mass is 16.5. The number of phenolic OH excluding ortho intramolecular Hbond substituents is 1. The van der Waals surface area contributed by atoms with Crippen LogP contribution < -0.4 is 9.47 Å². The van der Waals surface area contributed by atoms with Crippen molar-refractivity contribution < 1.29 is 28.9 Å². The molecule has 148 valence electrons. The van der Waals surface area contributed by atoms with E-state index in [2.05, 4.69) is 0 Å². The number of nitrogens with zero attached hydrogens (tertiary/aromatic N) is 1. The first-order chi connectivity index (χ1) is 13.4. The minimum atomic E-state index is -0.646. The van der Waals surface area contributed by atoms with Crippen molar-refractivity contribution in [1.82, 2.24) is 4.90 Å². The lowest BCUT2D eigenvalue weighted by molar-refractivity contribution is -0.135. The van der Waals surface area contributed by atoms with E-state index in [0.717, 1.165) is 11.1 Å². The molecule has 7 nitrogen and oxygen atoms in total. The molecular formula is C21H23NO6. The maximum Gasteiger partial charge on any atom is 0.338 e. The van der Waals surface area contributed by atoms with E-state index in [-0.39, 0.29) is 23.8 Å². The average molecular weight is 385 g/mol. The fraction of sp³-hybridized carbons (Fsp3) is 0.333. The molecule has 0 unspecified atom stereocenters. The van der Waals surface area contributed by atoms with Crippen LogP contribution in [0.3, 0.4) is 0 Å². The van der Waals surface area contributed by atoms with Crippen LogP contribution >= 0.6 is 0 Å². The fourth-order valence-electron chi connectivity index (χ4n) is 3.13. The van der Waals surface area contributed by atoms with Crippen LogP contribution in [0.4, 0.5) is 0 Å². The minimum absolute atomic E-state index is 0.0118. The van der Waals surface area contributed by atoms with Crippen molar-refractivity contribution in [2.45, 2.75) is 19.9 Å². The van der Waals surface area contributed by atoms with Gasteiger partial charge in [0.2, 0.25) is 0 Å². The second-order valence-corrected chi connectivity index (χ2v) is 6.62. The number of amides is 1. The highest BCUT2D eigenvalue weighted by Gasteiger charge is 2.24. The molecule has 0 saturated carbocycles. The maximum atomic E-state index is 12.5. The fourth-order valence-corrected chi connectivity index (χ4v) is 3.13. The van der Waals surface area contributed by atoms with Crippen molar-refractivity contribution in [1.29, 1.82) is 0 Å². The number of phenols is 1. The number of benzene rings is 2. The second-order valence-electron chi connectivity index (χ2n) is 6.62. The second kappa shape index (κ2) is 8.21. The predicted molar refractivity (Wildman–Crippen MR) is 102 cm³/mol. The smallest absolute Gasteiger partial charge is 0.338 e. The van der Waals surface area contributed by atoms with Gasteiger partial charge in [-0.2, -0.15) is 0 Å². The average Bonchev–Trinajstić information content (AvgIpc) is 2.72. The van der Waals surface area contributed by atoms with Crippen molar-refractivity contribution in [2.75, 3.05) is 27.4 Å². The number of methoxy groups -OCH3 is 2. The summed E-state index contributed by atoms with van der Waals surface area (Å²) in [6.45, 7) is 2.32. The zero-order chi connectivity index (χ0) is 20.3. The molecule has 0 bridgehead atoms. The van der Waals surface area contributed by atoms with Crippen molar-refractivity contribution in [3.63, 3.8) is 0 Å². The lowest BCUT2D eigenvalue weighted by atomic mass is 9.99. The summed E-state index contributed by atoms with van der Waals surface area (Å²) in [5, 5.41) is 9.70. The molecule has 0 aliphatic carbocycles. The number of hydrogen-bond donors (Lipinski definition) is 1. The number of carbonyl (C=O) groups excluding carboxylic acids is 2. The van der Waals surface area contributed by atoms with E-state index >= 15 is 0 Å². The molecule has 2 aromatic rings. The molecule has 0 aromatic heterocycles. The van der Waals surface area contributed by atoms with Crippen LogP contribution in [0.5, 0.6) is 17.2 Å². The van der Waals surface area contributed by atoms with Gasteiger partial charge < -0.3 is 24.2 Å². The number of ether oxygens (including phenoxy) is 3. The largest absolute Gasteiger partial charge is 0.508 e. The SMILES string of the molecule is COc1cc2c(cc1OC)CN(C(=O)COC(=O)c1ccc(C)c(O)c1)CC2. The van der Waals surface area contributed by atoms with Crippen molar-refractivity contribution in [2.24, 2.45) is 0 Å². The van der Waals surface area contributed by atoms with E-state index in [1.165, 1.54) is 6.07 Å². The van der Waals surface area contributed by atoms with Gasteiger partial charge in [0.25, 0.3) is 5.91 Å². The Morgan fingerprint density at radius 3 is 2.39 bits per heavy atom.